The molecule has 0 amide bonds. The number of aryl methyl sites for hydroxylation is 2. The van der Waals surface area contributed by atoms with Crippen LogP contribution in [0.1, 0.15) is 29.2 Å². The van der Waals surface area contributed by atoms with E-state index in [1.165, 1.54) is 11.1 Å². The summed E-state index contributed by atoms with van der Waals surface area (Å²) in [5.41, 5.74) is 10.4. The number of anilines is 2. The minimum atomic E-state index is 0.290. The summed E-state index contributed by atoms with van der Waals surface area (Å²) in [6.45, 7) is 5.09. The molecule has 3 N–H and O–H groups in total. The number of aromatic nitrogens is 2. The van der Waals surface area contributed by atoms with E-state index in [0.29, 0.717) is 0 Å². The second kappa shape index (κ2) is 4.05. The molecular formula is C14H18N4. The lowest BCUT2D eigenvalue weighted by Crippen LogP contribution is -2.24. The molecule has 0 saturated carbocycles. The Kier molecular flexibility index (Phi) is 2.51. The molecule has 0 spiro atoms. The Morgan fingerprint density at radius 1 is 1.33 bits per heavy atom. The van der Waals surface area contributed by atoms with E-state index in [-0.39, 0.29) is 6.04 Å². The maximum atomic E-state index is 6.01. The molecule has 1 atom stereocenters. The van der Waals surface area contributed by atoms with Gasteiger partial charge in [0.2, 0.25) is 0 Å². The number of rotatable bonds is 1. The maximum absolute atomic E-state index is 6.01. The SMILES string of the molecule is Cc1ccc(C2CCNc3c(C)cnn32)cc1N. The second-order valence-electron chi connectivity index (χ2n) is 4.97. The molecule has 2 heterocycles. The molecule has 1 aromatic heterocycles. The summed E-state index contributed by atoms with van der Waals surface area (Å²) in [5, 5.41) is 7.89. The third kappa shape index (κ3) is 1.65. The largest absolute Gasteiger partial charge is 0.399 e. The van der Waals surface area contributed by atoms with Gasteiger partial charge in [0.05, 0.1) is 12.2 Å². The van der Waals surface area contributed by atoms with Crippen LogP contribution in [0.4, 0.5) is 11.5 Å². The van der Waals surface area contributed by atoms with Gasteiger partial charge in [-0.1, -0.05) is 12.1 Å². The van der Waals surface area contributed by atoms with Crippen molar-refractivity contribution < 1.29 is 0 Å². The van der Waals surface area contributed by atoms with E-state index in [0.717, 1.165) is 30.0 Å². The lowest BCUT2D eigenvalue weighted by molar-refractivity contribution is 0.482. The zero-order chi connectivity index (χ0) is 12.7. The molecule has 2 aromatic rings. The standard InChI is InChI=1S/C14H18N4/c1-9-3-4-11(7-12(9)15)13-5-6-16-14-10(2)8-17-18(13)14/h3-4,7-8,13,16H,5-6,15H2,1-2H3. The summed E-state index contributed by atoms with van der Waals surface area (Å²) in [6.07, 6.45) is 2.95. The fourth-order valence-electron chi connectivity index (χ4n) is 2.53. The molecule has 0 radical (unpaired) electrons. The molecule has 1 aliphatic rings. The van der Waals surface area contributed by atoms with Crippen molar-refractivity contribution in [3.63, 3.8) is 0 Å². The van der Waals surface area contributed by atoms with Crippen LogP contribution in [-0.4, -0.2) is 16.3 Å². The van der Waals surface area contributed by atoms with E-state index in [4.69, 9.17) is 5.73 Å². The fourth-order valence-corrected chi connectivity index (χ4v) is 2.53. The van der Waals surface area contributed by atoms with E-state index in [1.807, 2.05) is 13.1 Å². The van der Waals surface area contributed by atoms with Crippen molar-refractivity contribution in [2.45, 2.75) is 26.3 Å². The molecule has 0 bridgehead atoms. The normalized spacial score (nSPS) is 18.2. The molecular weight excluding hydrogens is 224 g/mol. The van der Waals surface area contributed by atoms with Gasteiger partial charge in [-0.15, -0.1) is 0 Å². The first-order valence-electron chi connectivity index (χ1n) is 6.31. The quantitative estimate of drug-likeness (QED) is 0.755. The highest BCUT2D eigenvalue weighted by Crippen LogP contribution is 2.32. The van der Waals surface area contributed by atoms with Crippen molar-refractivity contribution in [1.29, 1.82) is 0 Å². The topological polar surface area (TPSA) is 55.9 Å². The third-order valence-corrected chi connectivity index (χ3v) is 3.67. The minimum absolute atomic E-state index is 0.290. The van der Waals surface area contributed by atoms with Crippen molar-refractivity contribution in [2.75, 3.05) is 17.6 Å². The van der Waals surface area contributed by atoms with Gasteiger partial charge in [-0.3, -0.25) is 0 Å². The maximum Gasteiger partial charge on any atom is 0.127 e. The number of nitrogens with zero attached hydrogens (tertiary/aromatic N) is 2. The van der Waals surface area contributed by atoms with Gasteiger partial charge in [-0.25, -0.2) is 4.68 Å². The van der Waals surface area contributed by atoms with Gasteiger partial charge in [0, 0.05) is 17.8 Å². The Labute approximate surface area is 107 Å². The lowest BCUT2D eigenvalue weighted by atomic mass is 10.00. The Morgan fingerprint density at radius 3 is 2.94 bits per heavy atom. The van der Waals surface area contributed by atoms with Crippen molar-refractivity contribution >= 4 is 11.5 Å². The summed E-state index contributed by atoms with van der Waals surface area (Å²) < 4.78 is 2.07. The summed E-state index contributed by atoms with van der Waals surface area (Å²) in [5.74, 6) is 1.13. The van der Waals surface area contributed by atoms with Crippen molar-refractivity contribution in [2.24, 2.45) is 0 Å². The van der Waals surface area contributed by atoms with Crippen LogP contribution in [0.2, 0.25) is 0 Å². The molecule has 1 aliphatic heterocycles. The molecule has 0 saturated heterocycles. The molecule has 0 fully saturated rings. The van der Waals surface area contributed by atoms with Gasteiger partial charge in [-0.2, -0.15) is 5.10 Å². The predicted octanol–water partition coefficient (Wildman–Crippen LogP) is 2.49. The number of benzene rings is 1. The van der Waals surface area contributed by atoms with Gasteiger partial charge in [0.15, 0.2) is 0 Å². The molecule has 1 aromatic carbocycles. The highest BCUT2D eigenvalue weighted by molar-refractivity contribution is 5.51. The Bertz CT molecular complexity index is 585. The molecule has 4 heteroatoms. The average Bonchev–Trinajstić information content (AvgIpc) is 2.75. The number of nitrogens with one attached hydrogen (secondary N) is 1. The number of hydrogen-bond acceptors (Lipinski definition) is 3. The Hall–Kier alpha value is -1.97. The van der Waals surface area contributed by atoms with Crippen LogP contribution in [0.5, 0.6) is 0 Å². The lowest BCUT2D eigenvalue weighted by Gasteiger charge is -2.27. The van der Waals surface area contributed by atoms with Crippen molar-refractivity contribution in [3.8, 4) is 0 Å². The van der Waals surface area contributed by atoms with Crippen molar-refractivity contribution in [1.82, 2.24) is 9.78 Å². The van der Waals surface area contributed by atoms with E-state index >= 15 is 0 Å². The van der Waals surface area contributed by atoms with Crippen LogP contribution < -0.4 is 11.1 Å². The summed E-state index contributed by atoms with van der Waals surface area (Å²) in [7, 11) is 0. The molecule has 18 heavy (non-hydrogen) atoms. The van der Waals surface area contributed by atoms with E-state index in [1.54, 1.807) is 0 Å². The first-order valence-corrected chi connectivity index (χ1v) is 6.31. The monoisotopic (exact) mass is 242 g/mol. The predicted molar refractivity (Wildman–Crippen MR) is 73.8 cm³/mol. The molecule has 4 nitrogen and oxygen atoms in total. The summed E-state index contributed by atoms with van der Waals surface area (Å²) in [4.78, 5) is 0. The highest BCUT2D eigenvalue weighted by atomic mass is 15.4. The number of fused-ring (bicyclic) bond motifs is 1. The molecule has 3 rings (SSSR count). The van der Waals surface area contributed by atoms with Crippen LogP contribution in [0.15, 0.2) is 24.4 Å². The van der Waals surface area contributed by atoms with E-state index in [9.17, 15) is 0 Å². The molecule has 0 aliphatic carbocycles. The molecule has 1 unspecified atom stereocenters. The number of nitrogens with two attached hydrogens (primary N) is 1. The van der Waals surface area contributed by atoms with Crippen molar-refractivity contribution in [3.05, 3.63) is 41.1 Å². The highest BCUT2D eigenvalue weighted by Gasteiger charge is 2.23. The van der Waals surface area contributed by atoms with Gasteiger partial charge in [0.25, 0.3) is 0 Å². The Balaban J connectivity index is 2.05. The van der Waals surface area contributed by atoms with Gasteiger partial charge >= 0.3 is 0 Å². The van der Waals surface area contributed by atoms with E-state index in [2.05, 4.69) is 40.2 Å². The Morgan fingerprint density at radius 2 is 2.17 bits per heavy atom. The average molecular weight is 242 g/mol. The summed E-state index contributed by atoms with van der Waals surface area (Å²) >= 11 is 0. The smallest absolute Gasteiger partial charge is 0.127 e. The zero-order valence-electron chi connectivity index (χ0n) is 10.8. The van der Waals surface area contributed by atoms with Crippen LogP contribution in [0.3, 0.4) is 0 Å². The van der Waals surface area contributed by atoms with E-state index < -0.39 is 0 Å². The first kappa shape index (κ1) is 11.1. The fraction of sp³-hybridized carbons (Fsp3) is 0.357. The second-order valence-corrected chi connectivity index (χ2v) is 4.97. The van der Waals surface area contributed by atoms with Gasteiger partial charge in [0.1, 0.15) is 5.82 Å². The first-order chi connectivity index (χ1) is 8.66. The third-order valence-electron chi connectivity index (χ3n) is 3.67. The van der Waals surface area contributed by atoms with Crippen LogP contribution >= 0.6 is 0 Å². The van der Waals surface area contributed by atoms with Crippen LogP contribution in [0.25, 0.3) is 0 Å². The van der Waals surface area contributed by atoms with Gasteiger partial charge in [-0.05, 0) is 37.5 Å². The summed E-state index contributed by atoms with van der Waals surface area (Å²) in [6, 6.07) is 6.61. The van der Waals surface area contributed by atoms with Gasteiger partial charge < -0.3 is 11.1 Å². The number of hydrogen-bond donors (Lipinski definition) is 2. The minimum Gasteiger partial charge on any atom is -0.399 e. The van der Waals surface area contributed by atoms with Crippen LogP contribution in [0, 0.1) is 13.8 Å². The van der Waals surface area contributed by atoms with Crippen LogP contribution in [-0.2, 0) is 0 Å². The molecule has 94 valence electrons. The zero-order valence-corrected chi connectivity index (χ0v) is 10.8. The number of nitrogen functional groups attached to an aromatic ring is 1.